The Hall–Kier alpha value is -2.62. The smallest absolute Gasteiger partial charge is 0.319 e. The fourth-order valence-corrected chi connectivity index (χ4v) is 2.86. The van der Waals surface area contributed by atoms with E-state index in [1.165, 1.54) is 24.3 Å². The van der Waals surface area contributed by atoms with Crippen LogP contribution in [-0.4, -0.2) is 23.8 Å². The van der Waals surface area contributed by atoms with Crippen LogP contribution in [0, 0.1) is 0 Å². The topological polar surface area (TPSA) is 119 Å². The number of nitrogens with zero attached hydrogens (tertiary/aromatic N) is 2. The van der Waals surface area contributed by atoms with Gasteiger partial charge in [0.2, 0.25) is 10.0 Å². The Kier molecular flexibility index (Phi) is 4.62. The van der Waals surface area contributed by atoms with Gasteiger partial charge in [-0.3, -0.25) is 0 Å². The molecule has 10 heteroatoms. The van der Waals surface area contributed by atoms with Crippen molar-refractivity contribution < 1.29 is 13.2 Å². The standard InChI is InChI=1S/C15H14ClN5O3S/c16-10-1-6-14-19-12(9-21(14)8-10)7-18-15(22)20-11-2-4-13(5-3-11)25(17,23)24/h1-6,8-9H,7H2,(H2,17,23,24)(H2,18,20,22). The number of pyridine rings is 1. The lowest BCUT2D eigenvalue weighted by molar-refractivity contribution is 0.251. The van der Waals surface area contributed by atoms with Crippen molar-refractivity contribution in [3.8, 4) is 0 Å². The third-order valence-electron chi connectivity index (χ3n) is 3.34. The highest BCUT2D eigenvalue weighted by Crippen LogP contribution is 2.13. The largest absolute Gasteiger partial charge is 0.332 e. The molecule has 0 atom stereocenters. The molecule has 4 N–H and O–H groups in total. The number of nitrogens with one attached hydrogen (secondary N) is 2. The van der Waals surface area contributed by atoms with Crippen molar-refractivity contribution in [2.75, 3.05) is 5.32 Å². The summed E-state index contributed by atoms with van der Waals surface area (Å²) in [6.07, 6.45) is 3.49. The van der Waals surface area contributed by atoms with Crippen LogP contribution in [0.5, 0.6) is 0 Å². The van der Waals surface area contributed by atoms with Crippen LogP contribution >= 0.6 is 11.6 Å². The van der Waals surface area contributed by atoms with Crippen LogP contribution in [0.15, 0.2) is 53.7 Å². The average Bonchev–Trinajstić information content (AvgIpc) is 2.94. The van der Waals surface area contributed by atoms with Gasteiger partial charge in [-0.15, -0.1) is 0 Å². The number of primary sulfonamides is 1. The van der Waals surface area contributed by atoms with E-state index >= 15 is 0 Å². The Morgan fingerprint density at radius 1 is 1.16 bits per heavy atom. The zero-order chi connectivity index (χ0) is 18.0. The summed E-state index contributed by atoms with van der Waals surface area (Å²) in [7, 11) is -3.76. The fourth-order valence-electron chi connectivity index (χ4n) is 2.18. The minimum absolute atomic E-state index is 0.0261. The molecule has 0 aliphatic carbocycles. The van der Waals surface area contributed by atoms with Crippen molar-refractivity contribution >= 4 is 39.0 Å². The van der Waals surface area contributed by atoms with Gasteiger partial charge in [-0.25, -0.2) is 23.3 Å². The van der Waals surface area contributed by atoms with E-state index in [-0.39, 0.29) is 11.4 Å². The summed E-state index contributed by atoms with van der Waals surface area (Å²) in [5.41, 5.74) is 1.83. The summed E-state index contributed by atoms with van der Waals surface area (Å²) in [5, 5.41) is 10.9. The second-order valence-corrected chi connectivity index (χ2v) is 7.22. The van der Waals surface area contributed by atoms with E-state index in [1.807, 2.05) is 0 Å². The molecule has 3 aromatic rings. The highest BCUT2D eigenvalue weighted by atomic mass is 35.5. The molecule has 2 aromatic heterocycles. The number of sulfonamides is 1. The van der Waals surface area contributed by atoms with Gasteiger partial charge in [0.05, 0.1) is 22.2 Å². The first-order valence-corrected chi connectivity index (χ1v) is 9.04. The third kappa shape index (κ3) is 4.27. The molecule has 0 saturated carbocycles. The summed E-state index contributed by atoms with van der Waals surface area (Å²) >= 11 is 5.91. The van der Waals surface area contributed by atoms with Gasteiger partial charge in [0.25, 0.3) is 0 Å². The van der Waals surface area contributed by atoms with Gasteiger partial charge < -0.3 is 15.0 Å². The maximum atomic E-state index is 11.9. The minimum atomic E-state index is -3.76. The molecule has 3 rings (SSSR count). The number of amides is 2. The summed E-state index contributed by atoms with van der Waals surface area (Å²) < 4.78 is 24.1. The lowest BCUT2D eigenvalue weighted by Gasteiger charge is -2.07. The number of nitrogens with two attached hydrogens (primary N) is 1. The number of carbonyl (C=O) groups excluding carboxylic acids is 1. The van der Waals surface area contributed by atoms with E-state index < -0.39 is 16.1 Å². The Morgan fingerprint density at radius 2 is 1.88 bits per heavy atom. The number of urea groups is 1. The lowest BCUT2D eigenvalue weighted by Crippen LogP contribution is -2.28. The second kappa shape index (κ2) is 6.71. The van der Waals surface area contributed by atoms with Crippen LogP contribution in [0.25, 0.3) is 5.65 Å². The quantitative estimate of drug-likeness (QED) is 0.641. The van der Waals surface area contributed by atoms with Crippen molar-refractivity contribution in [2.24, 2.45) is 5.14 Å². The van der Waals surface area contributed by atoms with Crippen LogP contribution in [0.4, 0.5) is 10.5 Å². The monoisotopic (exact) mass is 379 g/mol. The van der Waals surface area contributed by atoms with Crippen molar-refractivity contribution in [1.29, 1.82) is 0 Å². The first kappa shape index (κ1) is 17.2. The van der Waals surface area contributed by atoms with E-state index in [1.54, 1.807) is 28.9 Å². The van der Waals surface area contributed by atoms with E-state index in [9.17, 15) is 13.2 Å². The molecule has 8 nitrogen and oxygen atoms in total. The van der Waals surface area contributed by atoms with Crippen LogP contribution in [0.2, 0.25) is 5.02 Å². The van der Waals surface area contributed by atoms with E-state index in [4.69, 9.17) is 16.7 Å². The molecular weight excluding hydrogens is 366 g/mol. The Balaban J connectivity index is 1.60. The number of fused-ring (bicyclic) bond motifs is 1. The van der Waals surface area contributed by atoms with Crippen molar-refractivity contribution in [2.45, 2.75) is 11.4 Å². The first-order chi connectivity index (χ1) is 11.8. The highest BCUT2D eigenvalue weighted by Gasteiger charge is 2.08. The molecule has 0 saturated heterocycles. The molecule has 0 spiro atoms. The predicted molar refractivity (Wildman–Crippen MR) is 93.9 cm³/mol. The molecule has 0 aliphatic heterocycles. The Labute approximate surface area is 148 Å². The number of hydrogen-bond donors (Lipinski definition) is 3. The number of halogens is 1. The molecule has 2 heterocycles. The Morgan fingerprint density at radius 3 is 2.56 bits per heavy atom. The maximum Gasteiger partial charge on any atom is 0.319 e. The zero-order valence-electron chi connectivity index (χ0n) is 12.8. The zero-order valence-corrected chi connectivity index (χ0v) is 14.4. The molecule has 25 heavy (non-hydrogen) atoms. The van der Waals surface area contributed by atoms with E-state index in [2.05, 4.69) is 15.6 Å². The molecule has 130 valence electrons. The van der Waals surface area contributed by atoms with Gasteiger partial charge >= 0.3 is 6.03 Å². The summed E-state index contributed by atoms with van der Waals surface area (Å²) in [6, 6.07) is 8.60. The average molecular weight is 380 g/mol. The SMILES string of the molecule is NS(=O)(=O)c1ccc(NC(=O)NCc2cn3cc(Cl)ccc3n2)cc1. The number of anilines is 1. The fraction of sp³-hybridized carbons (Fsp3) is 0.0667. The van der Waals surface area contributed by atoms with Gasteiger partial charge in [-0.1, -0.05) is 11.6 Å². The second-order valence-electron chi connectivity index (χ2n) is 5.22. The first-order valence-electron chi connectivity index (χ1n) is 7.12. The van der Waals surface area contributed by atoms with Crippen LogP contribution in [0.1, 0.15) is 5.69 Å². The number of benzene rings is 1. The predicted octanol–water partition coefficient (Wildman–Crippen LogP) is 1.96. The van der Waals surface area contributed by atoms with E-state index in [0.29, 0.717) is 16.4 Å². The van der Waals surface area contributed by atoms with Crippen LogP contribution in [0.3, 0.4) is 0 Å². The lowest BCUT2D eigenvalue weighted by atomic mass is 10.3. The molecular formula is C15H14ClN5O3S. The van der Waals surface area contributed by atoms with E-state index in [0.717, 1.165) is 5.65 Å². The number of hydrogen-bond acceptors (Lipinski definition) is 4. The molecule has 0 fully saturated rings. The number of aromatic nitrogens is 2. The molecule has 2 amide bonds. The number of rotatable bonds is 4. The van der Waals surface area contributed by atoms with Crippen LogP contribution < -0.4 is 15.8 Å². The van der Waals surface area contributed by atoms with Crippen molar-refractivity contribution in [3.05, 3.63) is 59.5 Å². The van der Waals surface area contributed by atoms with Crippen LogP contribution in [-0.2, 0) is 16.6 Å². The molecule has 0 aliphatic rings. The number of imidazole rings is 1. The number of carbonyl (C=O) groups is 1. The van der Waals surface area contributed by atoms with Gasteiger partial charge in [0.15, 0.2) is 0 Å². The summed E-state index contributed by atoms with van der Waals surface area (Å²) in [6.45, 7) is 0.223. The Bertz CT molecular complexity index is 1030. The normalized spacial score (nSPS) is 11.4. The van der Waals surface area contributed by atoms with Gasteiger partial charge in [-0.05, 0) is 36.4 Å². The molecule has 0 unspecified atom stereocenters. The third-order valence-corrected chi connectivity index (χ3v) is 4.49. The summed E-state index contributed by atoms with van der Waals surface area (Å²) in [5.74, 6) is 0. The van der Waals surface area contributed by atoms with Gasteiger partial charge in [0.1, 0.15) is 5.65 Å². The van der Waals surface area contributed by atoms with Gasteiger partial charge in [-0.2, -0.15) is 0 Å². The molecule has 1 aromatic carbocycles. The molecule has 0 radical (unpaired) electrons. The summed E-state index contributed by atoms with van der Waals surface area (Å²) in [4.78, 5) is 16.2. The molecule has 0 bridgehead atoms. The minimum Gasteiger partial charge on any atom is -0.332 e. The van der Waals surface area contributed by atoms with Crippen molar-refractivity contribution in [3.63, 3.8) is 0 Å². The maximum absolute atomic E-state index is 11.9. The van der Waals surface area contributed by atoms with Crippen molar-refractivity contribution in [1.82, 2.24) is 14.7 Å². The highest BCUT2D eigenvalue weighted by molar-refractivity contribution is 7.89. The van der Waals surface area contributed by atoms with Gasteiger partial charge in [0, 0.05) is 18.1 Å².